The number of rotatable bonds is 5. The molecule has 17 heavy (non-hydrogen) atoms. The molecule has 0 aromatic rings. The van der Waals surface area contributed by atoms with Crippen LogP contribution in [0, 0.1) is 23.7 Å². The summed E-state index contributed by atoms with van der Waals surface area (Å²) < 4.78 is 11.6. The Kier molecular flexibility index (Phi) is 3.27. The SMILES string of the molecule is CCOC(OCC)C1C=C2CC1C1CCCC21. The highest BCUT2D eigenvalue weighted by Crippen LogP contribution is 2.58. The van der Waals surface area contributed by atoms with E-state index in [1.165, 1.54) is 25.7 Å². The molecule has 0 aromatic carbocycles. The van der Waals surface area contributed by atoms with E-state index in [0.717, 1.165) is 31.0 Å². The number of ether oxygens (including phenoxy) is 2. The molecular formula is C15H24O2. The topological polar surface area (TPSA) is 18.5 Å². The van der Waals surface area contributed by atoms with E-state index in [1.807, 2.05) is 0 Å². The van der Waals surface area contributed by atoms with Gasteiger partial charge in [-0.1, -0.05) is 18.1 Å². The smallest absolute Gasteiger partial charge is 0.164 e. The Labute approximate surface area is 104 Å². The summed E-state index contributed by atoms with van der Waals surface area (Å²) in [5.41, 5.74) is 1.73. The zero-order valence-electron chi connectivity index (χ0n) is 11.0. The normalized spacial score (nSPS) is 38.9. The summed E-state index contributed by atoms with van der Waals surface area (Å²) in [6, 6.07) is 0. The van der Waals surface area contributed by atoms with Crippen LogP contribution >= 0.6 is 0 Å². The van der Waals surface area contributed by atoms with Gasteiger partial charge in [-0.05, 0) is 50.9 Å². The molecule has 0 radical (unpaired) electrons. The van der Waals surface area contributed by atoms with E-state index in [9.17, 15) is 0 Å². The Bertz CT molecular complexity index is 304. The van der Waals surface area contributed by atoms with Crippen molar-refractivity contribution < 1.29 is 9.47 Å². The van der Waals surface area contributed by atoms with Crippen molar-refractivity contribution in [1.82, 2.24) is 0 Å². The van der Waals surface area contributed by atoms with Crippen molar-refractivity contribution >= 4 is 0 Å². The molecule has 0 aliphatic heterocycles. The Morgan fingerprint density at radius 3 is 2.65 bits per heavy atom. The van der Waals surface area contributed by atoms with E-state index in [2.05, 4.69) is 19.9 Å². The van der Waals surface area contributed by atoms with Crippen LogP contribution < -0.4 is 0 Å². The van der Waals surface area contributed by atoms with Crippen LogP contribution in [0.25, 0.3) is 0 Å². The molecule has 2 nitrogen and oxygen atoms in total. The molecule has 2 fully saturated rings. The molecule has 0 amide bonds. The molecule has 4 atom stereocenters. The summed E-state index contributed by atoms with van der Waals surface area (Å²) in [4.78, 5) is 0. The average Bonchev–Trinajstić information content (AvgIpc) is 3.00. The van der Waals surface area contributed by atoms with Gasteiger partial charge in [0.15, 0.2) is 6.29 Å². The number of hydrogen-bond donors (Lipinski definition) is 0. The molecule has 0 N–H and O–H groups in total. The fourth-order valence-corrected chi connectivity index (χ4v) is 4.40. The molecule has 3 rings (SSSR count). The Morgan fingerprint density at radius 1 is 1.18 bits per heavy atom. The maximum Gasteiger partial charge on any atom is 0.164 e. The van der Waals surface area contributed by atoms with Gasteiger partial charge in [0, 0.05) is 19.1 Å². The van der Waals surface area contributed by atoms with Crippen molar-refractivity contribution in [3.8, 4) is 0 Å². The lowest BCUT2D eigenvalue weighted by Gasteiger charge is -2.32. The van der Waals surface area contributed by atoms with Crippen LogP contribution in [-0.2, 0) is 9.47 Å². The van der Waals surface area contributed by atoms with Crippen molar-refractivity contribution in [2.24, 2.45) is 23.7 Å². The second kappa shape index (κ2) is 4.74. The molecule has 0 spiro atoms. The summed E-state index contributed by atoms with van der Waals surface area (Å²) in [5, 5.41) is 0. The predicted octanol–water partition coefficient (Wildman–Crippen LogP) is 3.38. The van der Waals surface area contributed by atoms with Crippen LogP contribution in [0.2, 0.25) is 0 Å². The Balaban J connectivity index is 1.75. The summed E-state index contributed by atoms with van der Waals surface area (Å²) in [7, 11) is 0. The summed E-state index contributed by atoms with van der Waals surface area (Å²) in [6.45, 7) is 5.63. The molecule has 2 heteroatoms. The van der Waals surface area contributed by atoms with E-state index >= 15 is 0 Å². The molecule has 2 bridgehead atoms. The Hall–Kier alpha value is -0.340. The minimum atomic E-state index is 0.00838. The first-order chi connectivity index (χ1) is 8.35. The summed E-state index contributed by atoms with van der Waals surface area (Å²) in [5.74, 6) is 3.23. The van der Waals surface area contributed by atoms with E-state index in [4.69, 9.17) is 9.47 Å². The molecule has 4 unspecified atom stereocenters. The van der Waals surface area contributed by atoms with Crippen LogP contribution in [0.3, 0.4) is 0 Å². The quantitative estimate of drug-likeness (QED) is 0.538. The minimum absolute atomic E-state index is 0.00838. The lowest BCUT2D eigenvalue weighted by molar-refractivity contribution is -0.168. The fourth-order valence-electron chi connectivity index (χ4n) is 4.40. The van der Waals surface area contributed by atoms with Gasteiger partial charge in [-0.2, -0.15) is 0 Å². The first kappa shape index (κ1) is 11.7. The summed E-state index contributed by atoms with van der Waals surface area (Å²) in [6.07, 6.45) is 8.14. The van der Waals surface area contributed by atoms with Gasteiger partial charge in [-0.3, -0.25) is 0 Å². The number of allylic oxidation sites excluding steroid dienone is 1. The second-order valence-electron chi connectivity index (χ2n) is 5.67. The predicted molar refractivity (Wildman–Crippen MR) is 67.6 cm³/mol. The molecule has 3 aliphatic rings. The molecule has 0 heterocycles. The lowest BCUT2D eigenvalue weighted by Crippen LogP contribution is -2.33. The molecular weight excluding hydrogens is 212 g/mol. The van der Waals surface area contributed by atoms with Crippen LogP contribution in [-0.4, -0.2) is 19.5 Å². The van der Waals surface area contributed by atoms with Crippen LogP contribution in [0.5, 0.6) is 0 Å². The largest absolute Gasteiger partial charge is 0.352 e. The van der Waals surface area contributed by atoms with Crippen molar-refractivity contribution in [1.29, 1.82) is 0 Å². The maximum atomic E-state index is 5.80. The molecule has 2 saturated carbocycles. The van der Waals surface area contributed by atoms with Crippen molar-refractivity contribution in [2.45, 2.75) is 45.8 Å². The minimum Gasteiger partial charge on any atom is -0.352 e. The van der Waals surface area contributed by atoms with Gasteiger partial charge < -0.3 is 9.47 Å². The monoisotopic (exact) mass is 236 g/mol. The van der Waals surface area contributed by atoms with Gasteiger partial charge in [-0.15, -0.1) is 0 Å². The van der Waals surface area contributed by atoms with E-state index in [1.54, 1.807) is 5.57 Å². The highest BCUT2D eigenvalue weighted by Gasteiger charge is 2.51. The number of hydrogen-bond acceptors (Lipinski definition) is 2. The molecule has 3 aliphatic carbocycles. The third-order valence-electron chi connectivity index (χ3n) is 4.94. The summed E-state index contributed by atoms with van der Waals surface area (Å²) >= 11 is 0. The van der Waals surface area contributed by atoms with Gasteiger partial charge in [-0.25, -0.2) is 0 Å². The average molecular weight is 236 g/mol. The first-order valence-corrected chi connectivity index (χ1v) is 7.29. The highest BCUT2D eigenvalue weighted by molar-refractivity contribution is 5.27. The van der Waals surface area contributed by atoms with Gasteiger partial charge in [0.2, 0.25) is 0 Å². The third kappa shape index (κ3) is 1.86. The first-order valence-electron chi connectivity index (χ1n) is 7.29. The maximum absolute atomic E-state index is 5.80. The standard InChI is InChI=1S/C15H24O2/c1-3-16-15(17-4-2)14-9-10-8-13(14)12-7-5-6-11(10)12/h9,11-15H,3-8H2,1-2H3. The molecule has 0 saturated heterocycles. The van der Waals surface area contributed by atoms with Crippen molar-refractivity contribution in [3.05, 3.63) is 11.6 Å². The van der Waals surface area contributed by atoms with Gasteiger partial charge >= 0.3 is 0 Å². The van der Waals surface area contributed by atoms with Crippen molar-refractivity contribution in [3.63, 3.8) is 0 Å². The molecule has 96 valence electrons. The third-order valence-corrected chi connectivity index (χ3v) is 4.94. The van der Waals surface area contributed by atoms with E-state index in [-0.39, 0.29) is 6.29 Å². The van der Waals surface area contributed by atoms with Gasteiger partial charge in [0.25, 0.3) is 0 Å². The van der Waals surface area contributed by atoms with Crippen LogP contribution in [0.15, 0.2) is 11.6 Å². The Morgan fingerprint density at radius 2 is 1.94 bits per heavy atom. The van der Waals surface area contributed by atoms with Gasteiger partial charge in [0.05, 0.1) is 0 Å². The van der Waals surface area contributed by atoms with E-state index in [0.29, 0.717) is 5.92 Å². The molecule has 0 aromatic heterocycles. The zero-order chi connectivity index (χ0) is 11.8. The highest BCUT2D eigenvalue weighted by atomic mass is 16.7. The van der Waals surface area contributed by atoms with Crippen LogP contribution in [0.4, 0.5) is 0 Å². The van der Waals surface area contributed by atoms with E-state index < -0.39 is 0 Å². The fraction of sp³-hybridized carbons (Fsp3) is 0.867. The van der Waals surface area contributed by atoms with Crippen LogP contribution in [0.1, 0.15) is 39.5 Å². The second-order valence-corrected chi connectivity index (χ2v) is 5.67. The van der Waals surface area contributed by atoms with Gasteiger partial charge in [0.1, 0.15) is 0 Å². The zero-order valence-corrected chi connectivity index (χ0v) is 11.0. The lowest BCUT2D eigenvalue weighted by atomic mass is 9.79. The van der Waals surface area contributed by atoms with Crippen molar-refractivity contribution in [2.75, 3.05) is 13.2 Å². The number of fused-ring (bicyclic) bond motifs is 5.